The van der Waals surface area contributed by atoms with Crippen molar-refractivity contribution in [3.8, 4) is 5.75 Å². The van der Waals surface area contributed by atoms with E-state index in [4.69, 9.17) is 4.74 Å². The van der Waals surface area contributed by atoms with Gasteiger partial charge >= 0.3 is 0 Å². The maximum atomic E-state index is 10.5. The molecule has 0 aliphatic carbocycles. The van der Waals surface area contributed by atoms with Gasteiger partial charge in [0.1, 0.15) is 5.75 Å². The van der Waals surface area contributed by atoms with Gasteiger partial charge in [0.15, 0.2) is 0 Å². The lowest BCUT2D eigenvalue weighted by atomic mass is 9.89. The highest BCUT2D eigenvalue weighted by Gasteiger charge is 2.22. The molecule has 3 heteroatoms. The number of aliphatic hydroxyl groups is 2. The standard InChI is InChI=1S/C17H20O3/c1-12-3-5-14(6-4-12)17(19)16(11-18)13-7-9-15(20-2)10-8-13/h3-10,16-19H,11H2,1-2H3. The smallest absolute Gasteiger partial charge is 0.118 e. The van der Waals surface area contributed by atoms with Crippen molar-refractivity contribution in [3.05, 3.63) is 65.2 Å². The van der Waals surface area contributed by atoms with Crippen molar-refractivity contribution in [1.82, 2.24) is 0 Å². The van der Waals surface area contributed by atoms with Gasteiger partial charge in [-0.05, 0) is 30.2 Å². The lowest BCUT2D eigenvalue weighted by Crippen LogP contribution is -2.14. The van der Waals surface area contributed by atoms with Gasteiger partial charge in [0.05, 0.1) is 19.8 Å². The highest BCUT2D eigenvalue weighted by atomic mass is 16.5. The summed E-state index contributed by atoms with van der Waals surface area (Å²) >= 11 is 0. The normalized spacial score (nSPS) is 13.8. The van der Waals surface area contributed by atoms with E-state index in [-0.39, 0.29) is 12.5 Å². The molecule has 20 heavy (non-hydrogen) atoms. The second-order valence-electron chi connectivity index (χ2n) is 4.92. The van der Waals surface area contributed by atoms with Crippen LogP contribution in [0.1, 0.15) is 28.7 Å². The van der Waals surface area contributed by atoms with Crippen molar-refractivity contribution in [2.75, 3.05) is 13.7 Å². The summed E-state index contributed by atoms with van der Waals surface area (Å²) in [6.45, 7) is 1.89. The largest absolute Gasteiger partial charge is 0.497 e. The van der Waals surface area contributed by atoms with Crippen LogP contribution >= 0.6 is 0 Å². The molecule has 0 aliphatic heterocycles. The average Bonchev–Trinajstić information content (AvgIpc) is 2.49. The molecule has 2 aromatic rings. The minimum atomic E-state index is -0.728. The minimum Gasteiger partial charge on any atom is -0.497 e. The van der Waals surface area contributed by atoms with Crippen LogP contribution in [0.2, 0.25) is 0 Å². The molecule has 0 saturated carbocycles. The van der Waals surface area contributed by atoms with E-state index in [2.05, 4.69) is 0 Å². The number of aliphatic hydroxyl groups excluding tert-OH is 2. The van der Waals surface area contributed by atoms with Crippen LogP contribution in [0, 0.1) is 6.92 Å². The van der Waals surface area contributed by atoms with Crippen LogP contribution in [0.25, 0.3) is 0 Å². The summed E-state index contributed by atoms with van der Waals surface area (Å²) in [6, 6.07) is 15.1. The molecule has 0 spiro atoms. The lowest BCUT2D eigenvalue weighted by Gasteiger charge is -2.22. The third kappa shape index (κ3) is 3.18. The molecule has 2 atom stereocenters. The van der Waals surface area contributed by atoms with Gasteiger partial charge in [-0.1, -0.05) is 42.0 Å². The van der Waals surface area contributed by atoms with E-state index in [0.717, 1.165) is 22.4 Å². The maximum absolute atomic E-state index is 10.5. The topological polar surface area (TPSA) is 49.7 Å². The fourth-order valence-electron chi connectivity index (χ4n) is 2.23. The molecule has 0 aromatic heterocycles. The summed E-state index contributed by atoms with van der Waals surface area (Å²) < 4.78 is 5.12. The Kier molecular flexibility index (Phi) is 4.77. The maximum Gasteiger partial charge on any atom is 0.118 e. The summed E-state index contributed by atoms with van der Waals surface area (Å²) in [4.78, 5) is 0. The molecule has 0 saturated heterocycles. The Balaban J connectivity index is 2.23. The Morgan fingerprint density at radius 2 is 1.50 bits per heavy atom. The zero-order valence-electron chi connectivity index (χ0n) is 11.8. The first-order chi connectivity index (χ1) is 9.65. The van der Waals surface area contributed by atoms with Crippen molar-refractivity contribution in [1.29, 1.82) is 0 Å². The number of methoxy groups -OCH3 is 1. The molecule has 106 valence electrons. The molecule has 2 rings (SSSR count). The molecule has 0 fully saturated rings. The van der Waals surface area contributed by atoms with Crippen LogP contribution in [0.3, 0.4) is 0 Å². The van der Waals surface area contributed by atoms with Gasteiger partial charge in [-0.2, -0.15) is 0 Å². The highest BCUT2D eigenvalue weighted by Crippen LogP contribution is 2.31. The Labute approximate surface area is 119 Å². The molecule has 0 bridgehead atoms. The zero-order valence-corrected chi connectivity index (χ0v) is 11.8. The number of ether oxygens (including phenoxy) is 1. The molecule has 0 amide bonds. The third-order valence-corrected chi connectivity index (χ3v) is 3.54. The summed E-state index contributed by atoms with van der Waals surface area (Å²) in [7, 11) is 1.61. The van der Waals surface area contributed by atoms with E-state index in [0.29, 0.717) is 0 Å². The van der Waals surface area contributed by atoms with Gasteiger partial charge in [-0.15, -0.1) is 0 Å². The Morgan fingerprint density at radius 1 is 0.950 bits per heavy atom. The fraction of sp³-hybridized carbons (Fsp3) is 0.294. The Hall–Kier alpha value is -1.84. The van der Waals surface area contributed by atoms with Crippen LogP contribution in [0.15, 0.2) is 48.5 Å². The van der Waals surface area contributed by atoms with E-state index in [1.807, 2.05) is 55.5 Å². The van der Waals surface area contributed by atoms with E-state index in [1.165, 1.54) is 0 Å². The average molecular weight is 272 g/mol. The van der Waals surface area contributed by atoms with E-state index < -0.39 is 6.10 Å². The molecule has 0 heterocycles. The van der Waals surface area contributed by atoms with Crippen LogP contribution in [-0.2, 0) is 0 Å². The summed E-state index contributed by atoms with van der Waals surface area (Å²) in [5, 5.41) is 20.1. The first kappa shape index (κ1) is 14.6. The van der Waals surface area contributed by atoms with Gasteiger partial charge in [0.25, 0.3) is 0 Å². The van der Waals surface area contributed by atoms with Crippen molar-refractivity contribution in [2.24, 2.45) is 0 Å². The molecule has 3 nitrogen and oxygen atoms in total. The fourth-order valence-corrected chi connectivity index (χ4v) is 2.23. The third-order valence-electron chi connectivity index (χ3n) is 3.54. The highest BCUT2D eigenvalue weighted by molar-refractivity contribution is 5.32. The van der Waals surface area contributed by atoms with Crippen molar-refractivity contribution in [2.45, 2.75) is 18.9 Å². The summed E-state index contributed by atoms with van der Waals surface area (Å²) in [5.74, 6) is 0.416. The molecule has 2 aromatic carbocycles. The van der Waals surface area contributed by atoms with Crippen LogP contribution < -0.4 is 4.74 Å². The quantitative estimate of drug-likeness (QED) is 0.880. The van der Waals surface area contributed by atoms with Crippen LogP contribution in [0.5, 0.6) is 5.75 Å². The molecule has 0 radical (unpaired) electrons. The number of benzene rings is 2. The number of hydrogen-bond donors (Lipinski definition) is 2. The van der Waals surface area contributed by atoms with Gasteiger partial charge < -0.3 is 14.9 Å². The van der Waals surface area contributed by atoms with Gasteiger partial charge in [0.2, 0.25) is 0 Å². The van der Waals surface area contributed by atoms with Gasteiger partial charge in [-0.3, -0.25) is 0 Å². The van der Waals surface area contributed by atoms with E-state index >= 15 is 0 Å². The second kappa shape index (κ2) is 6.55. The summed E-state index contributed by atoms with van der Waals surface area (Å²) in [6.07, 6.45) is -0.728. The van der Waals surface area contributed by atoms with Crippen molar-refractivity contribution < 1.29 is 14.9 Å². The molecule has 2 N–H and O–H groups in total. The predicted molar refractivity (Wildman–Crippen MR) is 79.0 cm³/mol. The van der Waals surface area contributed by atoms with E-state index in [9.17, 15) is 10.2 Å². The van der Waals surface area contributed by atoms with Gasteiger partial charge in [0, 0.05) is 5.92 Å². The van der Waals surface area contributed by atoms with Crippen molar-refractivity contribution in [3.63, 3.8) is 0 Å². The monoisotopic (exact) mass is 272 g/mol. The minimum absolute atomic E-state index is 0.110. The number of aryl methyl sites for hydroxylation is 1. The lowest BCUT2D eigenvalue weighted by molar-refractivity contribution is 0.107. The van der Waals surface area contributed by atoms with Crippen LogP contribution in [-0.4, -0.2) is 23.9 Å². The molecular weight excluding hydrogens is 252 g/mol. The SMILES string of the molecule is COc1ccc(C(CO)C(O)c2ccc(C)cc2)cc1. The Morgan fingerprint density at radius 3 is 2.00 bits per heavy atom. The van der Waals surface area contributed by atoms with Gasteiger partial charge in [-0.25, -0.2) is 0 Å². The molecule has 2 unspecified atom stereocenters. The molecule has 0 aliphatic rings. The number of hydrogen-bond acceptors (Lipinski definition) is 3. The summed E-state index contributed by atoms with van der Waals surface area (Å²) in [5.41, 5.74) is 2.85. The second-order valence-corrected chi connectivity index (χ2v) is 4.92. The van der Waals surface area contributed by atoms with E-state index in [1.54, 1.807) is 7.11 Å². The Bertz CT molecular complexity index is 531. The zero-order chi connectivity index (χ0) is 14.5. The first-order valence-corrected chi connectivity index (χ1v) is 6.65. The number of rotatable bonds is 5. The van der Waals surface area contributed by atoms with Crippen molar-refractivity contribution >= 4 is 0 Å². The predicted octanol–water partition coefficient (Wildman–Crippen LogP) is 2.81. The first-order valence-electron chi connectivity index (χ1n) is 6.65. The molecular formula is C17H20O3. The van der Waals surface area contributed by atoms with Crippen LogP contribution in [0.4, 0.5) is 0 Å².